The largest absolute Gasteiger partial charge is 0.499 e. The highest BCUT2D eigenvalue weighted by Crippen LogP contribution is 2.10. The van der Waals surface area contributed by atoms with E-state index >= 15 is 0 Å². The third-order valence-electron chi connectivity index (χ3n) is 3.59. The topological polar surface area (TPSA) is 65.7 Å². The lowest BCUT2D eigenvalue weighted by Crippen LogP contribution is -2.41. The average Bonchev–Trinajstić information content (AvgIpc) is 2.58. The van der Waals surface area contributed by atoms with Crippen molar-refractivity contribution >= 4 is 21.2 Å². The van der Waals surface area contributed by atoms with Gasteiger partial charge in [0.05, 0.1) is 0 Å². The van der Waals surface area contributed by atoms with Gasteiger partial charge < -0.3 is 24.3 Å². The van der Waals surface area contributed by atoms with Gasteiger partial charge in [-0.1, -0.05) is 43.3 Å². The smallest absolute Gasteiger partial charge is 0.377 e. The molecule has 1 heterocycles. The summed E-state index contributed by atoms with van der Waals surface area (Å²) in [6.45, 7) is 8.56. The fourth-order valence-corrected chi connectivity index (χ4v) is 3.14. The molecule has 2 rings (SSSR count). The molecule has 3 N–H and O–H groups in total. The summed E-state index contributed by atoms with van der Waals surface area (Å²) >= 11 is 0. The van der Waals surface area contributed by atoms with E-state index in [-0.39, 0.29) is 12.4 Å². The molecule has 0 aromatic heterocycles. The Balaban J connectivity index is 0. The molecule has 0 amide bonds. The van der Waals surface area contributed by atoms with Crippen LogP contribution in [0.1, 0.15) is 12.5 Å². The highest BCUT2D eigenvalue weighted by molar-refractivity contribution is 6.60. The standard InChI is InChI=1S/C7H9N.C5H9N.C5H14O3Si.ClH/c8-6-7-4-2-1-3-5-7;1-2-5-3-6-4-5;1-5-9(6-2,7-3)8-4;/h1-5H,6,8H2;2,5-6H,1,3-4H2;5H2,1-4H3;1H. The van der Waals surface area contributed by atoms with Gasteiger partial charge in [-0.2, -0.15) is 0 Å². The van der Waals surface area contributed by atoms with E-state index in [0.29, 0.717) is 6.54 Å². The molecular formula is C17H33ClN2O3Si. The molecular weight excluding hydrogens is 344 g/mol. The predicted octanol–water partition coefficient (Wildman–Crippen LogP) is 2.84. The first-order valence-electron chi connectivity index (χ1n) is 7.84. The minimum atomic E-state index is -2.19. The average molecular weight is 377 g/mol. The molecule has 0 atom stereocenters. The Labute approximate surface area is 154 Å². The molecule has 7 heteroatoms. The van der Waals surface area contributed by atoms with Crippen molar-refractivity contribution < 1.29 is 13.3 Å². The molecule has 1 saturated heterocycles. The lowest BCUT2D eigenvalue weighted by molar-refractivity contribution is 0.125. The molecule has 0 radical (unpaired) electrons. The monoisotopic (exact) mass is 376 g/mol. The summed E-state index contributed by atoms with van der Waals surface area (Å²) in [6.07, 6.45) is 2.00. The van der Waals surface area contributed by atoms with Gasteiger partial charge in [0, 0.05) is 52.9 Å². The summed E-state index contributed by atoms with van der Waals surface area (Å²) < 4.78 is 15.2. The maximum atomic E-state index is 5.35. The van der Waals surface area contributed by atoms with Gasteiger partial charge in [-0.05, 0) is 5.56 Å². The van der Waals surface area contributed by atoms with Crippen LogP contribution in [0.3, 0.4) is 0 Å². The fourth-order valence-electron chi connectivity index (χ4n) is 1.77. The number of nitrogens with one attached hydrogen (secondary N) is 1. The van der Waals surface area contributed by atoms with Gasteiger partial charge in [0.15, 0.2) is 0 Å². The van der Waals surface area contributed by atoms with Gasteiger partial charge in [0.1, 0.15) is 0 Å². The molecule has 24 heavy (non-hydrogen) atoms. The van der Waals surface area contributed by atoms with Crippen LogP contribution in [-0.4, -0.2) is 43.2 Å². The summed E-state index contributed by atoms with van der Waals surface area (Å²) in [7, 11) is 2.65. The van der Waals surface area contributed by atoms with Crippen molar-refractivity contribution in [2.24, 2.45) is 11.7 Å². The Morgan fingerprint density at radius 2 is 1.67 bits per heavy atom. The van der Waals surface area contributed by atoms with Crippen molar-refractivity contribution in [2.75, 3.05) is 34.4 Å². The van der Waals surface area contributed by atoms with Crippen molar-refractivity contribution in [3.8, 4) is 0 Å². The molecule has 1 fully saturated rings. The van der Waals surface area contributed by atoms with Crippen LogP contribution in [0.2, 0.25) is 6.04 Å². The maximum Gasteiger partial charge on any atom is 0.499 e. The minimum Gasteiger partial charge on any atom is -0.377 e. The van der Waals surface area contributed by atoms with Crippen molar-refractivity contribution in [3.63, 3.8) is 0 Å². The number of hydrogen-bond acceptors (Lipinski definition) is 5. The molecule has 0 spiro atoms. The SMILES string of the molecule is C=CC1CNC1.CC[Si](OC)(OC)OC.Cl.NCc1ccccc1. The third-order valence-corrected chi connectivity index (χ3v) is 6.32. The molecule has 1 aliphatic heterocycles. The second-order valence-electron chi connectivity index (χ2n) is 4.99. The molecule has 0 saturated carbocycles. The van der Waals surface area contributed by atoms with Gasteiger partial charge in [-0.15, -0.1) is 19.0 Å². The first-order chi connectivity index (χ1) is 11.1. The summed E-state index contributed by atoms with van der Waals surface area (Å²) in [4.78, 5) is 0. The molecule has 0 aliphatic carbocycles. The number of halogens is 1. The number of rotatable bonds is 6. The fraction of sp³-hybridized carbons (Fsp3) is 0.529. The second kappa shape index (κ2) is 15.8. The van der Waals surface area contributed by atoms with E-state index in [1.807, 2.05) is 43.3 Å². The van der Waals surface area contributed by atoms with Gasteiger partial charge in [-0.25, -0.2) is 0 Å². The number of nitrogens with two attached hydrogens (primary N) is 1. The van der Waals surface area contributed by atoms with Crippen LogP contribution in [0.5, 0.6) is 0 Å². The maximum absolute atomic E-state index is 5.35. The highest BCUT2D eigenvalue weighted by atomic mass is 35.5. The summed E-state index contributed by atoms with van der Waals surface area (Å²) in [6, 6.07) is 10.8. The van der Waals surface area contributed by atoms with E-state index in [1.165, 1.54) is 5.56 Å². The van der Waals surface area contributed by atoms with E-state index in [0.717, 1.165) is 25.1 Å². The van der Waals surface area contributed by atoms with E-state index in [9.17, 15) is 0 Å². The molecule has 0 bridgehead atoms. The lowest BCUT2D eigenvalue weighted by Gasteiger charge is -2.22. The normalized spacial score (nSPS) is 13.2. The molecule has 140 valence electrons. The first kappa shape index (κ1) is 25.5. The van der Waals surface area contributed by atoms with Crippen molar-refractivity contribution in [1.82, 2.24) is 5.32 Å². The van der Waals surface area contributed by atoms with Crippen LogP contribution in [0, 0.1) is 5.92 Å². The van der Waals surface area contributed by atoms with Crippen LogP contribution in [0.15, 0.2) is 43.0 Å². The Kier molecular flexibility index (Phi) is 16.8. The summed E-state index contributed by atoms with van der Waals surface area (Å²) in [5, 5.41) is 3.14. The van der Waals surface area contributed by atoms with Crippen molar-refractivity contribution in [2.45, 2.75) is 19.5 Å². The lowest BCUT2D eigenvalue weighted by atomic mass is 10.1. The molecule has 1 aromatic rings. The van der Waals surface area contributed by atoms with Crippen molar-refractivity contribution in [1.29, 1.82) is 0 Å². The Bertz CT molecular complexity index is 385. The summed E-state index contributed by atoms with van der Waals surface area (Å²) in [5.74, 6) is 0.769. The molecule has 0 unspecified atom stereocenters. The zero-order valence-corrected chi connectivity index (χ0v) is 17.1. The summed E-state index contributed by atoms with van der Waals surface area (Å²) in [5.41, 5.74) is 6.54. The van der Waals surface area contributed by atoms with Gasteiger partial charge in [0.2, 0.25) is 0 Å². The van der Waals surface area contributed by atoms with E-state index in [4.69, 9.17) is 19.0 Å². The Hall–Kier alpha value is -0.733. The van der Waals surface area contributed by atoms with Crippen LogP contribution < -0.4 is 11.1 Å². The van der Waals surface area contributed by atoms with Crippen LogP contribution in [-0.2, 0) is 19.8 Å². The van der Waals surface area contributed by atoms with Crippen LogP contribution >= 0.6 is 12.4 Å². The highest BCUT2D eigenvalue weighted by Gasteiger charge is 2.34. The minimum absolute atomic E-state index is 0. The third kappa shape index (κ3) is 10.2. The van der Waals surface area contributed by atoms with Gasteiger partial charge in [0.25, 0.3) is 0 Å². The second-order valence-corrected chi connectivity index (χ2v) is 8.29. The van der Waals surface area contributed by atoms with E-state index < -0.39 is 8.80 Å². The Morgan fingerprint density at radius 1 is 1.17 bits per heavy atom. The van der Waals surface area contributed by atoms with Crippen molar-refractivity contribution in [3.05, 3.63) is 48.6 Å². The quantitative estimate of drug-likeness (QED) is 0.590. The molecule has 1 aromatic carbocycles. The van der Waals surface area contributed by atoms with E-state index in [1.54, 1.807) is 21.3 Å². The zero-order valence-electron chi connectivity index (χ0n) is 15.3. The van der Waals surface area contributed by atoms with E-state index in [2.05, 4.69) is 11.9 Å². The number of hydrogen-bond donors (Lipinski definition) is 2. The van der Waals surface area contributed by atoms with Gasteiger partial charge in [-0.3, -0.25) is 0 Å². The molecule has 1 aliphatic rings. The molecule has 5 nitrogen and oxygen atoms in total. The van der Waals surface area contributed by atoms with Crippen LogP contribution in [0.4, 0.5) is 0 Å². The first-order valence-corrected chi connectivity index (χ1v) is 9.77. The van der Waals surface area contributed by atoms with Crippen LogP contribution in [0.25, 0.3) is 0 Å². The zero-order chi connectivity index (χ0) is 17.6. The Morgan fingerprint density at radius 3 is 1.79 bits per heavy atom. The number of benzene rings is 1. The van der Waals surface area contributed by atoms with Gasteiger partial charge >= 0.3 is 8.80 Å². The predicted molar refractivity (Wildman–Crippen MR) is 105 cm³/mol.